The molecule has 3 aliphatic rings. The van der Waals surface area contributed by atoms with Gasteiger partial charge in [-0.3, -0.25) is 24.5 Å². The van der Waals surface area contributed by atoms with E-state index in [1.54, 1.807) is 24.6 Å². The maximum atomic E-state index is 13.2. The van der Waals surface area contributed by atoms with Gasteiger partial charge in [0.1, 0.15) is 10.5 Å². The molecule has 2 atom stereocenters. The summed E-state index contributed by atoms with van der Waals surface area (Å²) in [6.45, 7) is 12.8. The molecule has 19 heteroatoms. The number of rotatable bonds is 13. The van der Waals surface area contributed by atoms with Crippen molar-refractivity contribution in [3.63, 3.8) is 0 Å². The van der Waals surface area contributed by atoms with Crippen molar-refractivity contribution in [2.24, 2.45) is 11.3 Å². The summed E-state index contributed by atoms with van der Waals surface area (Å²) in [6, 6.07) is 18.7. The summed E-state index contributed by atoms with van der Waals surface area (Å²) in [5.74, 6) is 0.908. The Morgan fingerprint density at radius 3 is 2.68 bits per heavy atom. The third-order valence-electron chi connectivity index (χ3n) is 13.3. The zero-order valence-electron chi connectivity index (χ0n) is 38.8. The number of piperidine rings is 2. The second kappa shape index (κ2) is 17.5. The normalized spacial score (nSPS) is 20.7. The molecule has 5 N–H and O–H groups in total. The van der Waals surface area contributed by atoms with Gasteiger partial charge in [0.15, 0.2) is 11.5 Å². The lowest BCUT2D eigenvalue weighted by atomic mass is 9.77. The first-order valence-corrected chi connectivity index (χ1v) is 24.7. The highest BCUT2D eigenvalue weighted by Crippen LogP contribution is 2.40. The van der Waals surface area contributed by atoms with Crippen molar-refractivity contribution in [1.29, 1.82) is 0 Å². The number of benzene rings is 2. The van der Waals surface area contributed by atoms with Crippen LogP contribution >= 0.6 is 22.9 Å². The fourth-order valence-electron chi connectivity index (χ4n) is 10.5. The number of carbonyl (C=O) groups excluding carboxylic acids is 1. The molecule has 0 saturated carbocycles. The topological polar surface area (TPSA) is 183 Å². The molecule has 3 fully saturated rings. The number of likely N-dealkylation sites (tertiary alicyclic amines) is 1. The molecule has 8 aromatic rings. The summed E-state index contributed by atoms with van der Waals surface area (Å²) < 4.78 is 14.8. The first-order valence-electron chi connectivity index (χ1n) is 23.0. The van der Waals surface area contributed by atoms with Gasteiger partial charge in [-0.05, 0) is 81.7 Å². The molecular weight excluding hydrogens is 895 g/mol. The molecule has 350 valence electrons. The van der Waals surface area contributed by atoms with E-state index in [2.05, 4.69) is 96.0 Å². The number of thiazole rings is 1. The summed E-state index contributed by atoms with van der Waals surface area (Å²) in [4.78, 5) is 32.9. The third-order valence-corrected chi connectivity index (χ3v) is 14.8. The van der Waals surface area contributed by atoms with Crippen molar-refractivity contribution >= 4 is 73.2 Å². The SMILES string of the molecule is COC[C@@]1(C)CC(/C=C(/Nc2ccccc2N2CCC3(CC2)NC(C)(C)NC3=O)c2csc(-n3cc4ccccc4n3)n2)CN(Cc2cc(Nc3nc(C)cn4c(-c5cn[nH]c5)cnc34)sn2)C1. The van der Waals surface area contributed by atoms with Gasteiger partial charge >= 0.3 is 0 Å². The second-order valence-electron chi connectivity index (χ2n) is 19.4. The van der Waals surface area contributed by atoms with Gasteiger partial charge in [0.2, 0.25) is 11.0 Å². The lowest BCUT2D eigenvalue weighted by Gasteiger charge is -2.43. The number of methoxy groups -OCH3 is 1. The van der Waals surface area contributed by atoms with E-state index in [9.17, 15) is 4.79 Å². The number of H-pyrrole nitrogens is 1. The summed E-state index contributed by atoms with van der Waals surface area (Å²) >= 11 is 3.00. The van der Waals surface area contributed by atoms with Crippen LogP contribution in [0.25, 0.3) is 38.6 Å². The van der Waals surface area contributed by atoms with Crippen LogP contribution in [0.4, 0.5) is 22.2 Å². The number of aromatic amines is 1. The molecule has 3 saturated heterocycles. The summed E-state index contributed by atoms with van der Waals surface area (Å²) in [6.07, 6.45) is 14.2. The van der Waals surface area contributed by atoms with Gasteiger partial charge in [-0.2, -0.15) is 14.6 Å². The first-order chi connectivity index (χ1) is 32.9. The Balaban J connectivity index is 0.876. The van der Waals surface area contributed by atoms with Crippen molar-refractivity contribution in [1.82, 2.24) is 59.2 Å². The number of para-hydroxylation sites is 2. The molecule has 0 aliphatic carbocycles. The number of carbonyl (C=O) groups is 1. The van der Waals surface area contributed by atoms with Crippen molar-refractivity contribution in [3.8, 4) is 16.4 Å². The number of imidazole rings is 1. The van der Waals surface area contributed by atoms with Crippen molar-refractivity contribution in [3.05, 3.63) is 114 Å². The monoisotopic (exact) mass is 949 g/mol. The molecule has 17 nitrogen and oxygen atoms in total. The largest absolute Gasteiger partial charge is 0.384 e. The number of aromatic nitrogens is 9. The molecule has 6 aromatic heterocycles. The fraction of sp³-hybridized carbons (Fsp3) is 0.367. The molecule has 68 heavy (non-hydrogen) atoms. The van der Waals surface area contributed by atoms with E-state index in [4.69, 9.17) is 29.2 Å². The predicted octanol–water partition coefficient (Wildman–Crippen LogP) is 7.85. The number of amides is 1. The Kier molecular flexibility index (Phi) is 11.4. The molecule has 1 amide bonds. The number of hydrogen-bond acceptors (Lipinski definition) is 15. The Hall–Kier alpha value is -6.51. The van der Waals surface area contributed by atoms with Crippen LogP contribution < -0.4 is 26.2 Å². The predicted molar refractivity (Wildman–Crippen MR) is 268 cm³/mol. The average Bonchev–Trinajstić information content (AvgIpc) is 4.17. The third kappa shape index (κ3) is 8.75. The molecule has 2 aromatic carbocycles. The number of hydrogen-bond donors (Lipinski definition) is 5. The van der Waals surface area contributed by atoms with E-state index < -0.39 is 11.2 Å². The molecular formula is C49H55N15O2S2. The number of aryl methyl sites for hydroxylation is 1. The van der Waals surface area contributed by atoms with Crippen LogP contribution in [-0.4, -0.2) is 106 Å². The lowest BCUT2D eigenvalue weighted by Crippen LogP contribution is -2.56. The molecule has 0 radical (unpaired) electrons. The molecule has 11 rings (SSSR count). The van der Waals surface area contributed by atoms with E-state index in [1.807, 2.05) is 72.8 Å². The molecule has 3 aliphatic heterocycles. The highest BCUT2D eigenvalue weighted by Gasteiger charge is 2.51. The van der Waals surface area contributed by atoms with Gasteiger partial charge in [0, 0.05) is 80.2 Å². The Labute approximate surface area is 402 Å². The summed E-state index contributed by atoms with van der Waals surface area (Å²) in [5.41, 5.74) is 8.12. The Bertz CT molecular complexity index is 3110. The molecule has 0 bridgehead atoms. The van der Waals surface area contributed by atoms with Gasteiger partial charge in [-0.15, -0.1) is 11.3 Å². The minimum atomic E-state index is -0.558. The van der Waals surface area contributed by atoms with Crippen molar-refractivity contribution in [2.75, 3.05) is 55.4 Å². The number of anilines is 4. The van der Waals surface area contributed by atoms with Crippen LogP contribution in [0.3, 0.4) is 0 Å². The second-order valence-corrected chi connectivity index (χ2v) is 21.0. The zero-order chi connectivity index (χ0) is 46.6. The number of nitrogens with one attached hydrogen (secondary N) is 5. The molecule has 1 unspecified atom stereocenters. The van der Waals surface area contributed by atoms with Crippen LogP contribution in [0.2, 0.25) is 0 Å². The summed E-state index contributed by atoms with van der Waals surface area (Å²) in [5, 5.41) is 31.0. The number of fused-ring (bicyclic) bond motifs is 2. The standard InChI is InChI=1S/C49H55N15O2S2/c1-31-24-63-41(34-21-51-52-22-34)23-50-44(63)43(53-31)56-42-19-35(59-68-42)27-61-25-32(20-48(4,29-61)30-66-5)18-38(39-28-67-46(55-39)64-26-33-10-6-7-11-36(33)58-64)54-37-12-8-9-13-40(37)62-16-14-49(15-17-62)45(65)57-47(2,3)60-49/h6-13,18-19,21-24,26,28,32,54,60H,14-17,20,25,27,29-30H2,1-5H3,(H,51,52)(H,53,56)(H,57,65)/b38-18+/t32?,48-/m0/s1. The van der Waals surface area contributed by atoms with Gasteiger partial charge in [0.25, 0.3) is 0 Å². The van der Waals surface area contributed by atoms with Gasteiger partial charge in [-0.25, -0.2) is 19.6 Å². The van der Waals surface area contributed by atoms with Gasteiger partial charge < -0.3 is 25.6 Å². The fourth-order valence-corrected chi connectivity index (χ4v) is 11.9. The van der Waals surface area contributed by atoms with E-state index in [1.165, 1.54) is 11.5 Å². The highest BCUT2D eigenvalue weighted by atomic mass is 32.1. The highest BCUT2D eigenvalue weighted by molar-refractivity contribution is 7.12. The van der Waals surface area contributed by atoms with E-state index in [-0.39, 0.29) is 17.2 Å². The van der Waals surface area contributed by atoms with Crippen LogP contribution in [0.1, 0.15) is 57.1 Å². The number of ether oxygens (including phenoxy) is 1. The maximum Gasteiger partial charge on any atom is 0.241 e. The minimum absolute atomic E-state index is 0.0912. The number of nitrogens with zero attached hydrogens (tertiary/aromatic N) is 10. The van der Waals surface area contributed by atoms with E-state index in [0.717, 1.165) is 105 Å². The maximum absolute atomic E-state index is 13.2. The lowest BCUT2D eigenvalue weighted by molar-refractivity contribution is -0.125. The Morgan fingerprint density at radius 1 is 1.04 bits per heavy atom. The van der Waals surface area contributed by atoms with Crippen molar-refractivity contribution in [2.45, 2.75) is 64.7 Å². The van der Waals surface area contributed by atoms with E-state index in [0.29, 0.717) is 31.8 Å². The Morgan fingerprint density at radius 2 is 1.88 bits per heavy atom. The average molecular weight is 950 g/mol. The van der Waals surface area contributed by atoms with Crippen LogP contribution in [0, 0.1) is 18.3 Å². The zero-order valence-corrected chi connectivity index (χ0v) is 40.4. The molecule has 1 spiro atoms. The van der Waals surface area contributed by atoms with Gasteiger partial charge in [0.05, 0.1) is 70.0 Å². The first kappa shape index (κ1) is 44.0. The molecule has 9 heterocycles. The minimum Gasteiger partial charge on any atom is -0.384 e. The van der Waals surface area contributed by atoms with Crippen LogP contribution in [0.5, 0.6) is 0 Å². The summed E-state index contributed by atoms with van der Waals surface area (Å²) in [7, 11) is 1.79. The van der Waals surface area contributed by atoms with Crippen LogP contribution in [-0.2, 0) is 16.1 Å². The smallest absolute Gasteiger partial charge is 0.241 e. The van der Waals surface area contributed by atoms with Gasteiger partial charge in [-0.1, -0.05) is 43.3 Å². The van der Waals surface area contributed by atoms with Crippen molar-refractivity contribution < 1.29 is 9.53 Å². The quantitative estimate of drug-likeness (QED) is 0.0754. The van der Waals surface area contributed by atoms with Crippen LogP contribution in [0.15, 0.2) is 97.0 Å². The van der Waals surface area contributed by atoms with E-state index >= 15 is 0 Å².